The van der Waals surface area contributed by atoms with Crippen molar-refractivity contribution in [2.75, 3.05) is 20.3 Å². The van der Waals surface area contributed by atoms with Gasteiger partial charge in [0.15, 0.2) is 5.79 Å². The van der Waals surface area contributed by atoms with Crippen LogP contribution in [0.3, 0.4) is 0 Å². The van der Waals surface area contributed by atoms with Crippen LogP contribution in [0.4, 0.5) is 0 Å². The van der Waals surface area contributed by atoms with E-state index in [0.717, 1.165) is 36.5 Å². The molecule has 16 heavy (non-hydrogen) atoms. The fourth-order valence-corrected chi connectivity index (χ4v) is 1.96. The maximum atomic E-state index is 5.72. The van der Waals surface area contributed by atoms with E-state index >= 15 is 0 Å². The summed E-state index contributed by atoms with van der Waals surface area (Å²) in [5.74, 6) is 0.290. The van der Waals surface area contributed by atoms with Gasteiger partial charge < -0.3 is 14.2 Å². The zero-order valence-electron chi connectivity index (χ0n) is 10.1. The summed E-state index contributed by atoms with van der Waals surface area (Å²) in [6.07, 6.45) is 0.963. The van der Waals surface area contributed by atoms with Gasteiger partial charge in [-0.2, -0.15) is 0 Å². The lowest BCUT2D eigenvalue weighted by atomic mass is 10.0. The molecule has 0 bridgehead atoms. The molecule has 0 saturated carbocycles. The van der Waals surface area contributed by atoms with Crippen LogP contribution < -0.4 is 4.74 Å². The fraction of sp³-hybridized carbons (Fsp3) is 0.538. The molecule has 0 unspecified atom stereocenters. The van der Waals surface area contributed by atoms with E-state index in [-0.39, 0.29) is 0 Å². The summed E-state index contributed by atoms with van der Waals surface area (Å²) in [4.78, 5) is 0. The number of aryl methyl sites for hydroxylation is 1. The molecular weight excluding hydrogens is 204 g/mol. The monoisotopic (exact) mass is 222 g/mol. The molecule has 1 saturated heterocycles. The number of ether oxygens (including phenoxy) is 3. The molecular formula is C13H18O3. The molecule has 3 heteroatoms. The summed E-state index contributed by atoms with van der Waals surface area (Å²) in [5, 5.41) is 0. The highest BCUT2D eigenvalue weighted by atomic mass is 16.7. The highest BCUT2D eigenvalue weighted by molar-refractivity contribution is 5.37. The molecule has 0 atom stereocenters. The number of hydrogen-bond acceptors (Lipinski definition) is 3. The van der Waals surface area contributed by atoms with Crippen molar-refractivity contribution < 1.29 is 14.2 Å². The molecule has 1 aliphatic rings. The molecule has 1 heterocycles. The van der Waals surface area contributed by atoms with E-state index in [4.69, 9.17) is 14.2 Å². The maximum Gasteiger partial charge on any atom is 0.191 e. The molecule has 0 aliphatic carbocycles. The average molecular weight is 222 g/mol. The fourth-order valence-electron chi connectivity index (χ4n) is 1.96. The molecule has 0 aromatic heterocycles. The van der Waals surface area contributed by atoms with Crippen molar-refractivity contribution in [2.45, 2.75) is 26.1 Å². The van der Waals surface area contributed by atoms with Crippen molar-refractivity contribution in [1.29, 1.82) is 0 Å². The van der Waals surface area contributed by atoms with Gasteiger partial charge in [-0.25, -0.2) is 0 Å². The van der Waals surface area contributed by atoms with Crippen molar-refractivity contribution >= 4 is 0 Å². The molecule has 1 fully saturated rings. The minimum absolute atomic E-state index is 0.602. The van der Waals surface area contributed by atoms with Crippen LogP contribution in [0.25, 0.3) is 0 Å². The van der Waals surface area contributed by atoms with Gasteiger partial charge in [0.1, 0.15) is 5.75 Å². The van der Waals surface area contributed by atoms with Gasteiger partial charge in [-0.05, 0) is 44.0 Å². The van der Waals surface area contributed by atoms with Crippen LogP contribution in [0.15, 0.2) is 18.2 Å². The quantitative estimate of drug-likeness (QED) is 0.769. The van der Waals surface area contributed by atoms with Crippen LogP contribution in [0.2, 0.25) is 0 Å². The van der Waals surface area contributed by atoms with Gasteiger partial charge in [0.25, 0.3) is 0 Å². The first-order chi connectivity index (χ1) is 7.65. The number of methoxy groups -OCH3 is 1. The van der Waals surface area contributed by atoms with E-state index in [1.807, 2.05) is 26.0 Å². The minimum Gasteiger partial charge on any atom is -0.496 e. The first kappa shape index (κ1) is 11.4. The van der Waals surface area contributed by atoms with Crippen molar-refractivity contribution in [2.24, 2.45) is 0 Å². The van der Waals surface area contributed by atoms with Crippen LogP contribution in [0.1, 0.15) is 24.5 Å². The topological polar surface area (TPSA) is 27.7 Å². The van der Waals surface area contributed by atoms with Gasteiger partial charge in [0.2, 0.25) is 0 Å². The second-order valence-corrected chi connectivity index (χ2v) is 4.18. The van der Waals surface area contributed by atoms with E-state index in [1.54, 1.807) is 7.11 Å². The zero-order chi connectivity index (χ0) is 11.6. The Morgan fingerprint density at radius 1 is 1.25 bits per heavy atom. The van der Waals surface area contributed by atoms with E-state index < -0.39 is 5.79 Å². The molecule has 1 aromatic rings. The van der Waals surface area contributed by atoms with Crippen LogP contribution in [-0.2, 0) is 15.3 Å². The third-order valence-electron chi connectivity index (χ3n) is 2.96. The Morgan fingerprint density at radius 3 is 2.50 bits per heavy atom. The molecule has 0 spiro atoms. The summed E-state index contributed by atoms with van der Waals surface area (Å²) in [7, 11) is 1.68. The Kier molecular flexibility index (Phi) is 3.17. The SMILES string of the molecule is COc1ccc(C2(C)OCCCO2)cc1C. The molecule has 2 rings (SSSR count). The van der Waals surface area contributed by atoms with Gasteiger partial charge in [-0.1, -0.05) is 0 Å². The van der Waals surface area contributed by atoms with Crippen LogP contribution >= 0.6 is 0 Å². The Labute approximate surface area is 96.3 Å². The minimum atomic E-state index is -0.602. The highest BCUT2D eigenvalue weighted by Crippen LogP contribution is 2.32. The van der Waals surface area contributed by atoms with E-state index in [2.05, 4.69) is 6.07 Å². The standard InChI is InChI=1S/C13H18O3/c1-10-9-11(5-6-12(10)14-3)13(2)15-7-4-8-16-13/h5-6,9H,4,7-8H2,1-3H3. The highest BCUT2D eigenvalue weighted by Gasteiger charge is 2.31. The second-order valence-electron chi connectivity index (χ2n) is 4.18. The van der Waals surface area contributed by atoms with Gasteiger partial charge >= 0.3 is 0 Å². The first-order valence-electron chi connectivity index (χ1n) is 5.59. The summed E-state index contributed by atoms with van der Waals surface area (Å²) >= 11 is 0. The molecule has 0 amide bonds. The number of rotatable bonds is 2. The lowest BCUT2D eigenvalue weighted by Gasteiger charge is -2.34. The van der Waals surface area contributed by atoms with Crippen LogP contribution in [0.5, 0.6) is 5.75 Å². The summed E-state index contributed by atoms with van der Waals surface area (Å²) in [6, 6.07) is 6.01. The Balaban J connectivity index is 2.29. The first-order valence-corrected chi connectivity index (χ1v) is 5.59. The van der Waals surface area contributed by atoms with E-state index in [9.17, 15) is 0 Å². The summed E-state index contributed by atoms with van der Waals surface area (Å²) in [5.41, 5.74) is 2.14. The summed E-state index contributed by atoms with van der Waals surface area (Å²) in [6.45, 7) is 5.49. The number of benzene rings is 1. The lowest BCUT2D eigenvalue weighted by molar-refractivity contribution is -0.264. The van der Waals surface area contributed by atoms with Crippen LogP contribution in [-0.4, -0.2) is 20.3 Å². The zero-order valence-corrected chi connectivity index (χ0v) is 10.1. The normalized spacial score (nSPS) is 19.4. The predicted molar refractivity (Wildman–Crippen MR) is 61.6 cm³/mol. The molecule has 88 valence electrons. The third kappa shape index (κ3) is 2.06. The van der Waals surface area contributed by atoms with Gasteiger partial charge in [-0.3, -0.25) is 0 Å². The van der Waals surface area contributed by atoms with Gasteiger partial charge in [0.05, 0.1) is 20.3 Å². The van der Waals surface area contributed by atoms with Crippen molar-refractivity contribution in [3.8, 4) is 5.75 Å². The molecule has 0 N–H and O–H groups in total. The van der Waals surface area contributed by atoms with Crippen molar-refractivity contribution in [3.05, 3.63) is 29.3 Å². The third-order valence-corrected chi connectivity index (χ3v) is 2.96. The van der Waals surface area contributed by atoms with Gasteiger partial charge in [0, 0.05) is 5.56 Å². The smallest absolute Gasteiger partial charge is 0.191 e. The van der Waals surface area contributed by atoms with Crippen LogP contribution in [0, 0.1) is 6.92 Å². The van der Waals surface area contributed by atoms with Crippen molar-refractivity contribution in [1.82, 2.24) is 0 Å². The molecule has 1 aliphatic heterocycles. The number of hydrogen-bond donors (Lipinski definition) is 0. The molecule has 0 radical (unpaired) electrons. The lowest BCUT2D eigenvalue weighted by Crippen LogP contribution is -2.34. The molecule has 1 aromatic carbocycles. The Morgan fingerprint density at radius 2 is 1.94 bits per heavy atom. The average Bonchev–Trinajstić information content (AvgIpc) is 2.30. The Bertz CT molecular complexity index is 367. The second kappa shape index (κ2) is 4.44. The van der Waals surface area contributed by atoms with E-state index in [1.165, 1.54) is 0 Å². The maximum absolute atomic E-state index is 5.72. The van der Waals surface area contributed by atoms with E-state index in [0.29, 0.717) is 0 Å². The van der Waals surface area contributed by atoms with Crippen molar-refractivity contribution in [3.63, 3.8) is 0 Å². The largest absolute Gasteiger partial charge is 0.496 e. The predicted octanol–water partition coefficient (Wildman–Crippen LogP) is 2.61. The van der Waals surface area contributed by atoms with Gasteiger partial charge in [-0.15, -0.1) is 0 Å². The summed E-state index contributed by atoms with van der Waals surface area (Å²) < 4.78 is 16.7. The Hall–Kier alpha value is -1.06. The molecule has 3 nitrogen and oxygen atoms in total.